The molecule has 1 aromatic carbocycles. The van der Waals surface area contributed by atoms with Gasteiger partial charge < -0.3 is 11.1 Å². The minimum absolute atomic E-state index is 0.0216. The van der Waals surface area contributed by atoms with Crippen molar-refractivity contribution in [2.45, 2.75) is 18.9 Å². The van der Waals surface area contributed by atoms with E-state index in [0.717, 1.165) is 42.4 Å². The standard InChI is InChI=1S/C15H18ClN3/c16-15-12(14(17)10-5-7-18-8-6-10)9-11-3-1-2-4-13(11)19-15/h1-4,9-10,14,18H,5-8,17H2/t14-/m1/s1. The molecule has 2 heterocycles. The molecular weight excluding hydrogens is 258 g/mol. The van der Waals surface area contributed by atoms with Gasteiger partial charge in [0.25, 0.3) is 0 Å². The van der Waals surface area contributed by atoms with Gasteiger partial charge in [-0.2, -0.15) is 0 Å². The van der Waals surface area contributed by atoms with Gasteiger partial charge in [-0.1, -0.05) is 29.8 Å². The molecule has 2 aromatic rings. The Morgan fingerprint density at radius 1 is 1.26 bits per heavy atom. The van der Waals surface area contributed by atoms with Gasteiger partial charge in [-0.15, -0.1) is 0 Å². The van der Waals surface area contributed by atoms with Crippen LogP contribution in [0.5, 0.6) is 0 Å². The normalized spacial score (nSPS) is 18.6. The Labute approximate surface area is 118 Å². The smallest absolute Gasteiger partial charge is 0.134 e. The summed E-state index contributed by atoms with van der Waals surface area (Å²) in [4.78, 5) is 4.46. The Kier molecular flexibility index (Phi) is 3.69. The Balaban J connectivity index is 1.96. The van der Waals surface area contributed by atoms with Gasteiger partial charge in [-0.25, -0.2) is 4.98 Å². The minimum Gasteiger partial charge on any atom is -0.324 e. The molecule has 0 spiro atoms. The molecule has 100 valence electrons. The maximum Gasteiger partial charge on any atom is 0.134 e. The fourth-order valence-corrected chi connectivity index (χ4v) is 3.07. The summed E-state index contributed by atoms with van der Waals surface area (Å²) >= 11 is 6.31. The number of halogens is 1. The van der Waals surface area contributed by atoms with E-state index < -0.39 is 0 Å². The molecule has 1 aromatic heterocycles. The van der Waals surface area contributed by atoms with Gasteiger partial charge in [-0.05, 0) is 44.0 Å². The minimum atomic E-state index is -0.0216. The van der Waals surface area contributed by atoms with Crippen LogP contribution >= 0.6 is 11.6 Å². The molecule has 1 aliphatic heterocycles. The van der Waals surface area contributed by atoms with Crippen molar-refractivity contribution in [2.24, 2.45) is 11.7 Å². The number of pyridine rings is 1. The molecule has 0 saturated carbocycles. The largest absolute Gasteiger partial charge is 0.324 e. The molecular formula is C15H18ClN3. The lowest BCUT2D eigenvalue weighted by atomic mass is 9.87. The first-order valence-corrected chi connectivity index (χ1v) is 7.15. The van der Waals surface area contributed by atoms with Gasteiger partial charge in [0.05, 0.1) is 5.52 Å². The fraction of sp³-hybridized carbons (Fsp3) is 0.400. The number of fused-ring (bicyclic) bond motifs is 1. The predicted molar refractivity (Wildman–Crippen MR) is 79.3 cm³/mol. The first kappa shape index (κ1) is 12.9. The molecule has 0 aliphatic carbocycles. The summed E-state index contributed by atoms with van der Waals surface area (Å²) < 4.78 is 0. The third kappa shape index (κ3) is 2.59. The molecule has 1 aliphatic rings. The van der Waals surface area contributed by atoms with Crippen LogP contribution in [0.15, 0.2) is 30.3 Å². The van der Waals surface area contributed by atoms with E-state index >= 15 is 0 Å². The van der Waals surface area contributed by atoms with E-state index in [1.165, 1.54) is 0 Å². The Hall–Kier alpha value is -1.16. The van der Waals surface area contributed by atoms with Crippen molar-refractivity contribution >= 4 is 22.5 Å². The molecule has 1 fully saturated rings. The number of hydrogen-bond donors (Lipinski definition) is 2. The lowest BCUT2D eigenvalue weighted by Gasteiger charge is -2.28. The zero-order chi connectivity index (χ0) is 13.2. The molecule has 0 unspecified atom stereocenters. The quantitative estimate of drug-likeness (QED) is 0.829. The lowest BCUT2D eigenvalue weighted by molar-refractivity contribution is 0.322. The highest BCUT2D eigenvalue weighted by atomic mass is 35.5. The van der Waals surface area contributed by atoms with Crippen LogP contribution in [0.1, 0.15) is 24.4 Å². The summed E-state index contributed by atoms with van der Waals surface area (Å²) in [5.74, 6) is 0.488. The summed E-state index contributed by atoms with van der Waals surface area (Å²) in [5, 5.41) is 5.01. The lowest BCUT2D eigenvalue weighted by Crippen LogP contribution is -2.34. The number of rotatable bonds is 2. The van der Waals surface area contributed by atoms with Crippen molar-refractivity contribution in [2.75, 3.05) is 13.1 Å². The van der Waals surface area contributed by atoms with Crippen molar-refractivity contribution in [3.63, 3.8) is 0 Å². The summed E-state index contributed by atoms with van der Waals surface area (Å²) in [5.41, 5.74) is 8.31. The van der Waals surface area contributed by atoms with Crippen molar-refractivity contribution in [3.8, 4) is 0 Å². The maximum absolute atomic E-state index is 6.41. The van der Waals surface area contributed by atoms with Gasteiger partial charge in [0.15, 0.2) is 0 Å². The van der Waals surface area contributed by atoms with Crippen LogP contribution in [0.3, 0.4) is 0 Å². The number of para-hydroxylation sites is 1. The highest BCUT2D eigenvalue weighted by molar-refractivity contribution is 6.30. The first-order chi connectivity index (χ1) is 9.25. The molecule has 3 N–H and O–H groups in total. The van der Waals surface area contributed by atoms with Crippen LogP contribution in [0, 0.1) is 5.92 Å². The van der Waals surface area contributed by atoms with Gasteiger partial charge in [0.1, 0.15) is 5.15 Å². The summed E-state index contributed by atoms with van der Waals surface area (Å²) in [6.45, 7) is 2.08. The van der Waals surface area contributed by atoms with Gasteiger partial charge in [-0.3, -0.25) is 0 Å². The molecule has 3 nitrogen and oxygen atoms in total. The van der Waals surface area contributed by atoms with Crippen molar-refractivity contribution in [3.05, 3.63) is 41.0 Å². The molecule has 0 bridgehead atoms. The van der Waals surface area contributed by atoms with Crippen molar-refractivity contribution < 1.29 is 0 Å². The second kappa shape index (κ2) is 5.45. The number of nitrogens with one attached hydrogen (secondary N) is 1. The van der Waals surface area contributed by atoms with Crippen LogP contribution < -0.4 is 11.1 Å². The topological polar surface area (TPSA) is 50.9 Å². The van der Waals surface area contributed by atoms with E-state index in [0.29, 0.717) is 11.1 Å². The third-order valence-corrected chi connectivity index (χ3v) is 4.26. The average molecular weight is 276 g/mol. The van der Waals surface area contributed by atoms with Crippen LogP contribution in [-0.4, -0.2) is 18.1 Å². The molecule has 1 atom stereocenters. The highest BCUT2D eigenvalue weighted by Crippen LogP contribution is 2.32. The summed E-state index contributed by atoms with van der Waals surface area (Å²) in [6, 6.07) is 10.1. The first-order valence-electron chi connectivity index (χ1n) is 6.77. The molecule has 3 rings (SSSR count). The van der Waals surface area contributed by atoms with Crippen LogP contribution in [-0.2, 0) is 0 Å². The van der Waals surface area contributed by atoms with E-state index in [1.807, 2.05) is 18.2 Å². The number of benzene rings is 1. The predicted octanol–water partition coefficient (Wildman–Crippen LogP) is 2.89. The van der Waals surface area contributed by atoms with Crippen molar-refractivity contribution in [1.82, 2.24) is 10.3 Å². The van der Waals surface area contributed by atoms with Crippen molar-refractivity contribution in [1.29, 1.82) is 0 Å². The molecule has 4 heteroatoms. The second-order valence-corrected chi connectivity index (χ2v) is 5.53. The fourth-order valence-electron chi connectivity index (χ4n) is 2.80. The maximum atomic E-state index is 6.41. The molecule has 19 heavy (non-hydrogen) atoms. The third-order valence-electron chi connectivity index (χ3n) is 3.96. The van der Waals surface area contributed by atoms with Crippen LogP contribution in [0.25, 0.3) is 10.9 Å². The van der Waals surface area contributed by atoms with Gasteiger partial charge >= 0.3 is 0 Å². The molecule has 0 radical (unpaired) electrons. The number of hydrogen-bond acceptors (Lipinski definition) is 3. The summed E-state index contributed by atoms with van der Waals surface area (Å²) in [7, 11) is 0. The highest BCUT2D eigenvalue weighted by Gasteiger charge is 2.24. The van der Waals surface area contributed by atoms with E-state index in [-0.39, 0.29) is 6.04 Å². The van der Waals surface area contributed by atoms with E-state index in [4.69, 9.17) is 17.3 Å². The Morgan fingerprint density at radius 2 is 2.00 bits per heavy atom. The molecule has 0 amide bonds. The average Bonchev–Trinajstić information content (AvgIpc) is 2.47. The van der Waals surface area contributed by atoms with Gasteiger partial charge in [0, 0.05) is 17.0 Å². The van der Waals surface area contributed by atoms with E-state index in [2.05, 4.69) is 22.4 Å². The zero-order valence-electron chi connectivity index (χ0n) is 10.8. The molecule has 1 saturated heterocycles. The summed E-state index contributed by atoms with van der Waals surface area (Å²) in [6.07, 6.45) is 2.20. The van der Waals surface area contributed by atoms with Crippen LogP contribution in [0.2, 0.25) is 5.15 Å². The number of nitrogens with two attached hydrogens (primary N) is 1. The van der Waals surface area contributed by atoms with E-state index in [9.17, 15) is 0 Å². The zero-order valence-corrected chi connectivity index (χ0v) is 11.5. The number of nitrogens with zero attached hydrogens (tertiary/aromatic N) is 1. The Morgan fingerprint density at radius 3 is 2.79 bits per heavy atom. The number of piperidine rings is 1. The van der Waals surface area contributed by atoms with Gasteiger partial charge in [0.2, 0.25) is 0 Å². The second-order valence-electron chi connectivity index (χ2n) is 5.17. The van der Waals surface area contributed by atoms with E-state index in [1.54, 1.807) is 0 Å². The number of aromatic nitrogens is 1. The van der Waals surface area contributed by atoms with Crippen LogP contribution in [0.4, 0.5) is 0 Å². The monoisotopic (exact) mass is 275 g/mol. The Bertz CT molecular complexity index is 579. The SMILES string of the molecule is N[C@@H](c1cc2ccccc2nc1Cl)C1CCNCC1.